The molecule has 0 atom stereocenters. The van der Waals surface area contributed by atoms with E-state index >= 15 is 0 Å². The number of aryl methyl sites for hydroxylation is 2. The molecule has 0 fully saturated rings. The van der Waals surface area contributed by atoms with Crippen molar-refractivity contribution in [3.05, 3.63) is 79.6 Å². The summed E-state index contributed by atoms with van der Waals surface area (Å²) in [5.41, 5.74) is 1.39. The van der Waals surface area contributed by atoms with Crippen LogP contribution in [0.1, 0.15) is 43.2 Å². The third-order valence-electron chi connectivity index (χ3n) is 5.23. The molecule has 0 spiro atoms. The highest BCUT2D eigenvalue weighted by Gasteiger charge is 2.32. The summed E-state index contributed by atoms with van der Waals surface area (Å²) >= 11 is 4.62. The maximum absolute atomic E-state index is 13.5. The Morgan fingerprint density at radius 2 is 1.75 bits per heavy atom. The maximum atomic E-state index is 13.5. The summed E-state index contributed by atoms with van der Waals surface area (Å²) < 4.78 is 6.55. The second kappa shape index (κ2) is 12.5. The molecule has 0 N–H and O–H groups in total. The lowest BCUT2D eigenvalue weighted by Gasteiger charge is -2.26. The van der Waals surface area contributed by atoms with Gasteiger partial charge in [0.25, 0.3) is 0 Å². The van der Waals surface area contributed by atoms with E-state index < -0.39 is 16.6 Å². The summed E-state index contributed by atoms with van der Waals surface area (Å²) in [6.07, 6.45) is 2.35. The Balaban J connectivity index is 2.34. The van der Waals surface area contributed by atoms with Crippen LogP contribution in [-0.4, -0.2) is 45.6 Å². The molecule has 1 amide bonds. The molecule has 3 rings (SSSR count). The van der Waals surface area contributed by atoms with Gasteiger partial charge in [0, 0.05) is 29.7 Å². The number of nitriles is 1. The zero-order valence-corrected chi connectivity index (χ0v) is 25.6. The molecule has 0 radical (unpaired) electrons. The van der Waals surface area contributed by atoms with Crippen LogP contribution in [0.25, 0.3) is 6.08 Å². The number of carbonyl (C=O) groups excluding carboxylic acids is 1. The second-order valence-corrected chi connectivity index (χ2v) is 12.0. The second-order valence-electron chi connectivity index (χ2n) is 10.0. The maximum Gasteiger partial charge on any atom is 0.421 e. The average Bonchev–Trinajstić information content (AvgIpc) is 2.84. The number of ether oxygens (including phenoxy) is 1. The fourth-order valence-corrected chi connectivity index (χ4v) is 5.29. The predicted molar refractivity (Wildman–Crippen MR) is 159 cm³/mol. The van der Waals surface area contributed by atoms with Gasteiger partial charge in [0.2, 0.25) is 5.95 Å². The molecule has 2 aromatic carbocycles. The molecule has 0 bridgehead atoms. The summed E-state index contributed by atoms with van der Waals surface area (Å²) in [5, 5.41) is 21.7. The average molecular weight is 626 g/mol. The third-order valence-corrected chi connectivity index (χ3v) is 7.02. The highest BCUT2D eigenvalue weighted by Crippen LogP contribution is 2.41. The number of amides is 1. The number of halogens is 1. The minimum Gasteiger partial charge on any atom is -0.443 e. The number of hydrogen-bond donors (Lipinski definition) is 0. The van der Waals surface area contributed by atoms with Crippen molar-refractivity contribution in [2.24, 2.45) is 0 Å². The number of nitro groups is 1. The Bertz CT molecular complexity index is 1490. The summed E-state index contributed by atoms with van der Waals surface area (Å²) in [7, 11) is 3.55. The van der Waals surface area contributed by atoms with Crippen molar-refractivity contribution in [2.75, 3.05) is 19.0 Å². The normalized spacial score (nSPS) is 11.3. The monoisotopic (exact) mass is 624 g/mol. The van der Waals surface area contributed by atoms with Crippen LogP contribution >= 0.6 is 27.7 Å². The molecule has 0 aliphatic rings. The Labute approximate surface area is 246 Å². The van der Waals surface area contributed by atoms with Gasteiger partial charge in [-0.15, -0.1) is 0 Å². The van der Waals surface area contributed by atoms with Crippen molar-refractivity contribution in [1.82, 2.24) is 14.9 Å². The molecule has 40 heavy (non-hydrogen) atoms. The van der Waals surface area contributed by atoms with E-state index in [-0.39, 0.29) is 22.4 Å². The molecule has 3 aromatic rings. The van der Waals surface area contributed by atoms with Gasteiger partial charge in [-0.3, -0.25) is 10.1 Å². The third kappa shape index (κ3) is 7.58. The van der Waals surface area contributed by atoms with E-state index in [0.29, 0.717) is 11.3 Å². The van der Waals surface area contributed by atoms with E-state index in [9.17, 15) is 20.2 Å². The Kier molecular flexibility index (Phi) is 9.55. The van der Waals surface area contributed by atoms with Gasteiger partial charge in [-0.05, 0) is 88.2 Å². The first-order valence-electron chi connectivity index (χ1n) is 12.1. The number of hydrogen-bond acceptors (Lipinski definition) is 9. The largest absolute Gasteiger partial charge is 0.443 e. The Hall–Kier alpha value is -3.95. The van der Waals surface area contributed by atoms with Gasteiger partial charge >= 0.3 is 11.8 Å². The summed E-state index contributed by atoms with van der Waals surface area (Å²) in [5.74, 6) is -0.113. The predicted octanol–water partition coefficient (Wildman–Crippen LogP) is 7.39. The molecule has 0 aliphatic carbocycles. The molecule has 10 nitrogen and oxygen atoms in total. The van der Waals surface area contributed by atoms with Crippen molar-refractivity contribution in [3.8, 4) is 6.07 Å². The highest BCUT2D eigenvalue weighted by molar-refractivity contribution is 9.10. The van der Waals surface area contributed by atoms with Gasteiger partial charge in [0.1, 0.15) is 11.3 Å². The first-order chi connectivity index (χ1) is 18.7. The van der Waals surface area contributed by atoms with Crippen LogP contribution in [0.5, 0.6) is 0 Å². The lowest BCUT2D eigenvalue weighted by Crippen LogP contribution is -2.35. The Morgan fingerprint density at radius 1 is 1.15 bits per heavy atom. The van der Waals surface area contributed by atoms with Gasteiger partial charge in [0.05, 0.1) is 22.2 Å². The molecular formula is C28H29BrN6O4S. The fourth-order valence-electron chi connectivity index (χ4n) is 3.57. The quantitative estimate of drug-likeness (QED) is 0.150. The van der Waals surface area contributed by atoms with E-state index in [1.54, 1.807) is 70.2 Å². The van der Waals surface area contributed by atoms with Crippen LogP contribution in [0.15, 0.2) is 57.0 Å². The number of carbonyl (C=O) groups is 1. The van der Waals surface area contributed by atoms with E-state index in [0.717, 1.165) is 37.2 Å². The van der Waals surface area contributed by atoms with E-state index in [1.165, 1.54) is 6.08 Å². The summed E-state index contributed by atoms with van der Waals surface area (Å²) in [6.45, 7) is 8.99. The number of anilines is 2. The van der Waals surface area contributed by atoms with Crippen molar-refractivity contribution >= 4 is 57.2 Å². The van der Waals surface area contributed by atoms with Crippen LogP contribution in [-0.2, 0) is 4.74 Å². The van der Waals surface area contributed by atoms with Crippen LogP contribution in [0.2, 0.25) is 0 Å². The fraction of sp³-hybridized carbons (Fsp3) is 0.286. The lowest BCUT2D eigenvalue weighted by atomic mass is 10.2. The lowest BCUT2D eigenvalue weighted by molar-refractivity contribution is -0.388. The van der Waals surface area contributed by atoms with Gasteiger partial charge in [-0.1, -0.05) is 27.7 Å². The molecule has 0 saturated carbocycles. The zero-order chi connectivity index (χ0) is 29.8. The molecule has 0 unspecified atom stereocenters. The zero-order valence-electron chi connectivity index (χ0n) is 23.2. The van der Waals surface area contributed by atoms with Crippen molar-refractivity contribution in [2.45, 2.75) is 50.1 Å². The van der Waals surface area contributed by atoms with Gasteiger partial charge in [0.15, 0.2) is 5.03 Å². The number of aromatic nitrogens is 2. The SMILES string of the molecule is Cc1cc(Br)cc(C)c1Sc1nc(N(C(=O)OC(C)(C)C)c2ccc(C#N)cc2)nc(/C=C/N(C)C)c1[N+](=O)[O-]. The van der Waals surface area contributed by atoms with Crippen LogP contribution in [0.4, 0.5) is 22.1 Å². The molecular weight excluding hydrogens is 596 g/mol. The smallest absolute Gasteiger partial charge is 0.421 e. The summed E-state index contributed by atoms with van der Waals surface area (Å²) in [4.78, 5) is 38.0. The summed E-state index contributed by atoms with van der Waals surface area (Å²) in [6, 6.07) is 12.1. The number of benzene rings is 2. The first-order valence-corrected chi connectivity index (χ1v) is 13.7. The van der Waals surface area contributed by atoms with E-state index in [2.05, 4.69) is 25.9 Å². The standard InChI is InChI=1S/C28H29BrN6O4S/c1-17-14-20(29)15-18(2)24(17)40-25-23(35(37)38)22(12-13-33(6)7)31-26(32-25)34(27(36)39-28(3,4)5)21-10-8-19(16-30)9-11-21/h8-15H,1-7H3/b13-12+. The first kappa shape index (κ1) is 30.6. The van der Waals surface area contributed by atoms with Crippen LogP contribution < -0.4 is 4.90 Å². The minimum absolute atomic E-state index is 0.0146. The van der Waals surface area contributed by atoms with E-state index in [1.807, 2.05) is 32.0 Å². The molecule has 12 heteroatoms. The van der Waals surface area contributed by atoms with Crippen LogP contribution in [0, 0.1) is 35.3 Å². The van der Waals surface area contributed by atoms with Crippen molar-refractivity contribution in [3.63, 3.8) is 0 Å². The molecule has 0 aliphatic heterocycles. The molecule has 1 heterocycles. The topological polar surface area (TPSA) is 125 Å². The molecule has 0 saturated heterocycles. The van der Waals surface area contributed by atoms with Gasteiger partial charge in [-0.2, -0.15) is 10.2 Å². The molecule has 208 valence electrons. The number of rotatable bonds is 7. The highest BCUT2D eigenvalue weighted by atomic mass is 79.9. The van der Waals surface area contributed by atoms with Crippen molar-refractivity contribution in [1.29, 1.82) is 5.26 Å². The van der Waals surface area contributed by atoms with Gasteiger partial charge in [-0.25, -0.2) is 14.7 Å². The van der Waals surface area contributed by atoms with Gasteiger partial charge < -0.3 is 9.64 Å². The minimum atomic E-state index is -0.848. The number of nitrogens with zero attached hydrogens (tertiary/aromatic N) is 6. The van der Waals surface area contributed by atoms with Crippen molar-refractivity contribution < 1.29 is 14.5 Å². The Morgan fingerprint density at radius 3 is 2.25 bits per heavy atom. The van der Waals surface area contributed by atoms with Crippen LogP contribution in [0.3, 0.4) is 0 Å². The molecule has 1 aromatic heterocycles. The van der Waals surface area contributed by atoms with E-state index in [4.69, 9.17) is 4.74 Å².